The van der Waals surface area contributed by atoms with Crippen molar-refractivity contribution >= 4 is 5.91 Å². The van der Waals surface area contributed by atoms with E-state index in [1.807, 2.05) is 41.1 Å². The van der Waals surface area contributed by atoms with Gasteiger partial charge in [0, 0.05) is 24.9 Å². The second-order valence-corrected chi connectivity index (χ2v) is 5.59. The van der Waals surface area contributed by atoms with Crippen molar-refractivity contribution in [3.63, 3.8) is 0 Å². The van der Waals surface area contributed by atoms with E-state index in [2.05, 4.69) is 18.8 Å². The third-order valence-electron chi connectivity index (χ3n) is 3.74. The van der Waals surface area contributed by atoms with Gasteiger partial charge in [-0.1, -0.05) is 44.2 Å². The van der Waals surface area contributed by atoms with Crippen LogP contribution in [0.4, 0.5) is 0 Å². The molecule has 0 radical (unpaired) electrons. The molecule has 21 heavy (non-hydrogen) atoms. The van der Waals surface area contributed by atoms with Crippen molar-refractivity contribution < 1.29 is 4.79 Å². The zero-order valence-electron chi connectivity index (χ0n) is 12.5. The molecule has 0 aliphatic heterocycles. The predicted octanol–water partition coefficient (Wildman–Crippen LogP) is 1.74. The van der Waals surface area contributed by atoms with Crippen LogP contribution >= 0.6 is 0 Å². The van der Waals surface area contributed by atoms with Crippen LogP contribution in [0.5, 0.6) is 0 Å². The maximum Gasteiger partial charge on any atom is 0.242 e. The number of hydrogen-bond donors (Lipinski definition) is 2. The zero-order chi connectivity index (χ0) is 15.5. The summed E-state index contributed by atoms with van der Waals surface area (Å²) in [5, 5.41) is 0. The molecule has 5 nitrogen and oxygen atoms in total. The highest BCUT2D eigenvalue weighted by Crippen LogP contribution is 2.23. The van der Waals surface area contributed by atoms with Crippen molar-refractivity contribution in [2.24, 2.45) is 11.5 Å². The van der Waals surface area contributed by atoms with Crippen LogP contribution in [0.2, 0.25) is 0 Å². The summed E-state index contributed by atoms with van der Waals surface area (Å²) in [6.45, 7) is 4.77. The molecule has 1 heterocycles. The first-order valence-electron chi connectivity index (χ1n) is 7.10. The second kappa shape index (κ2) is 6.10. The molecule has 4 N–H and O–H groups in total. The van der Waals surface area contributed by atoms with Gasteiger partial charge in [-0.05, 0) is 12.0 Å². The third kappa shape index (κ3) is 3.13. The predicted molar refractivity (Wildman–Crippen MR) is 82.4 cm³/mol. The molecular formula is C16H22N4O. The summed E-state index contributed by atoms with van der Waals surface area (Å²) in [4.78, 5) is 16.2. The Bertz CT molecular complexity index is 606. The fourth-order valence-electron chi connectivity index (χ4n) is 2.45. The molecule has 1 aromatic carbocycles. The summed E-state index contributed by atoms with van der Waals surface area (Å²) < 4.78 is 2.03. The van der Waals surface area contributed by atoms with Crippen LogP contribution in [0.3, 0.4) is 0 Å². The van der Waals surface area contributed by atoms with Gasteiger partial charge in [0.1, 0.15) is 11.4 Å². The minimum atomic E-state index is -1.17. The van der Waals surface area contributed by atoms with Gasteiger partial charge >= 0.3 is 0 Å². The molecule has 0 bridgehead atoms. The molecule has 2 rings (SSSR count). The Balaban J connectivity index is 2.22. The van der Waals surface area contributed by atoms with Gasteiger partial charge in [0.25, 0.3) is 0 Å². The molecule has 1 amide bonds. The summed E-state index contributed by atoms with van der Waals surface area (Å²) in [5.41, 5.74) is 11.4. The Labute approximate surface area is 125 Å². The Kier molecular flexibility index (Phi) is 4.43. The fraction of sp³-hybridized carbons (Fsp3) is 0.375. The van der Waals surface area contributed by atoms with Gasteiger partial charge in [-0.15, -0.1) is 0 Å². The van der Waals surface area contributed by atoms with Gasteiger partial charge in [-0.25, -0.2) is 4.98 Å². The lowest BCUT2D eigenvalue weighted by atomic mass is 9.87. The number of rotatable bonds is 6. The maximum absolute atomic E-state index is 11.9. The Morgan fingerprint density at radius 1 is 1.33 bits per heavy atom. The smallest absolute Gasteiger partial charge is 0.242 e. The Hall–Kier alpha value is -2.14. The first kappa shape index (κ1) is 15.3. The molecule has 0 aliphatic rings. The summed E-state index contributed by atoms with van der Waals surface area (Å²) in [5.74, 6) is 0.785. The van der Waals surface area contributed by atoms with Crippen LogP contribution in [0.1, 0.15) is 37.6 Å². The maximum atomic E-state index is 11.9. The number of aromatic nitrogens is 2. The van der Waals surface area contributed by atoms with Gasteiger partial charge in [-0.3, -0.25) is 4.79 Å². The lowest BCUT2D eigenvalue weighted by Gasteiger charge is -2.27. The summed E-state index contributed by atoms with van der Waals surface area (Å²) in [7, 11) is 0. The van der Waals surface area contributed by atoms with E-state index in [0.29, 0.717) is 18.9 Å². The van der Waals surface area contributed by atoms with Crippen molar-refractivity contribution in [3.05, 3.63) is 54.1 Å². The van der Waals surface area contributed by atoms with Crippen molar-refractivity contribution in [1.82, 2.24) is 9.55 Å². The van der Waals surface area contributed by atoms with E-state index in [0.717, 1.165) is 11.4 Å². The molecule has 0 fully saturated rings. The molecule has 0 saturated carbocycles. The minimum absolute atomic E-state index is 0.317. The monoisotopic (exact) mass is 286 g/mol. The SMILES string of the molecule is CC(C)c1nccn1CCC(N)(C(N)=O)c1ccccc1. The van der Waals surface area contributed by atoms with Crippen LogP contribution in [-0.2, 0) is 16.9 Å². The van der Waals surface area contributed by atoms with E-state index in [1.54, 1.807) is 6.20 Å². The van der Waals surface area contributed by atoms with Gasteiger partial charge in [-0.2, -0.15) is 0 Å². The van der Waals surface area contributed by atoms with Crippen molar-refractivity contribution in [3.8, 4) is 0 Å². The lowest BCUT2D eigenvalue weighted by Crippen LogP contribution is -2.49. The highest BCUT2D eigenvalue weighted by molar-refractivity contribution is 5.85. The molecule has 1 aromatic heterocycles. The quantitative estimate of drug-likeness (QED) is 0.848. The Morgan fingerprint density at radius 3 is 2.57 bits per heavy atom. The average molecular weight is 286 g/mol. The van der Waals surface area contributed by atoms with Crippen LogP contribution in [-0.4, -0.2) is 15.5 Å². The summed E-state index contributed by atoms with van der Waals surface area (Å²) in [6, 6.07) is 9.27. The molecule has 5 heteroatoms. The highest BCUT2D eigenvalue weighted by Gasteiger charge is 2.33. The number of imidazole rings is 1. The van der Waals surface area contributed by atoms with Crippen LogP contribution in [0.15, 0.2) is 42.7 Å². The lowest BCUT2D eigenvalue weighted by molar-refractivity contribution is -0.123. The topological polar surface area (TPSA) is 86.9 Å². The minimum Gasteiger partial charge on any atom is -0.368 e. The number of primary amides is 1. The third-order valence-corrected chi connectivity index (χ3v) is 3.74. The molecule has 112 valence electrons. The van der Waals surface area contributed by atoms with Crippen molar-refractivity contribution in [1.29, 1.82) is 0 Å². The summed E-state index contributed by atoms with van der Waals surface area (Å²) >= 11 is 0. The van der Waals surface area contributed by atoms with Gasteiger partial charge in [0.2, 0.25) is 5.91 Å². The first-order valence-corrected chi connectivity index (χ1v) is 7.10. The number of hydrogen-bond acceptors (Lipinski definition) is 3. The van der Waals surface area contributed by atoms with E-state index < -0.39 is 11.4 Å². The van der Waals surface area contributed by atoms with Crippen molar-refractivity contribution in [2.45, 2.75) is 38.3 Å². The van der Waals surface area contributed by atoms with E-state index >= 15 is 0 Å². The van der Waals surface area contributed by atoms with Gasteiger partial charge in [0.15, 0.2) is 0 Å². The summed E-state index contributed by atoms with van der Waals surface area (Å²) in [6.07, 6.45) is 4.10. The molecule has 1 atom stereocenters. The molecule has 0 aliphatic carbocycles. The van der Waals surface area contributed by atoms with E-state index in [-0.39, 0.29) is 0 Å². The molecule has 1 unspecified atom stereocenters. The largest absolute Gasteiger partial charge is 0.368 e. The van der Waals surface area contributed by atoms with Crippen molar-refractivity contribution in [2.75, 3.05) is 0 Å². The van der Waals surface area contributed by atoms with Crippen LogP contribution in [0, 0.1) is 0 Å². The fourth-order valence-corrected chi connectivity index (χ4v) is 2.45. The first-order chi connectivity index (χ1) is 9.95. The standard InChI is InChI=1S/C16H22N4O/c1-12(2)14-19-9-11-20(14)10-8-16(18,15(17)21)13-6-4-3-5-7-13/h3-7,9,11-12H,8,10,18H2,1-2H3,(H2,17,21). The molecule has 0 saturated heterocycles. The van der Waals surface area contributed by atoms with E-state index in [9.17, 15) is 4.79 Å². The van der Waals surface area contributed by atoms with E-state index in [1.165, 1.54) is 0 Å². The molecule has 2 aromatic rings. The zero-order valence-corrected chi connectivity index (χ0v) is 12.5. The average Bonchev–Trinajstić information content (AvgIpc) is 2.94. The van der Waals surface area contributed by atoms with Gasteiger partial charge < -0.3 is 16.0 Å². The normalized spacial score (nSPS) is 14.1. The highest BCUT2D eigenvalue weighted by atomic mass is 16.1. The Morgan fingerprint density at radius 2 is 2.00 bits per heavy atom. The number of aryl methyl sites for hydroxylation is 1. The van der Waals surface area contributed by atoms with Crippen LogP contribution < -0.4 is 11.5 Å². The number of nitrogens with two attached hydrogens (primary N) is 2. The number of amides is 1. The van der Waals surface area contributed by atoms with E-state index in [4.69, 9.17) is 11.5 Å². The number of nitrogens with zero attached hydrogens (tertiary/aromatic N) is 2. The second-order valence-electron chi connectivity index (χ2n) is 5.59. The molecular weight excluding hydrogens is 264 g/mol. The van der Waals surface area contributed by atoms with Crippen LogP contribution in [0.25, 0.3) is 0 Å². The number of benzene rings is 1. The number of carbonyl (C=O) groups excluding carboxylic acids is 1. The van der Waals surface area contributed by atoms with Gasteiger partial charge in [0.05, 0.1) is 0 Å². The molecule has 0 spiro atoms. The number of carbonyl (C=O) groups is 1.